The SMILES string of the molecule is CCN(C(=O)CNCc1cnn(C)c1C)C1CC1. The van der Waals surface area contributed by atoms with Crippen molar-refractivity contribution in [3.8, 4) is 0 Å². The molecule has 1 amide bonds. The van der Waals surface area contributed by atoms with Crippen LogP contribution >= 0.6 is 0 Å². The molecule has 0 aliphatic heterocycles. The minimum Gasteiger partial charge on any atom is -0.339 e. The molecule has 0 atom stereocenters. The van der Waals surface area contributed by atoms with Crippen LogP contribution in [0.15, 0.2) is 6.20 Å². The summed E-state index contributed by atoms with van der Waals surface area (Å²) in [4.78, 5) is 14.0. The normalized spacial score (nSPS) is 14.8. The van der Waals surface area contributed by atoms with Gasteiger partial charge in [-0.25, -0.2) is 0 Å². The summed E-state index contributed by atoms with van der Waals surface area (Å²) in [6.45, 7) is 6.01. The minimum atomic E-state index is 0.210. The van der Waals surface area contributed by atoms with Gasteiger partial charge in [0.05, 0.1) is 12.7 Å². The number of aromatic nitrogens is 2. The summed E-state index contributed by atoms with van der Waals surface area (Å²) in [6, 6.07) is 0.504. The highest BCUT2D eigenvalue weighted by molar-refractivity contribution is 5.78. The molecule has 1 fully saturated rings. The monoisotopic (exact) mass is 250 g/mol. The first-order valence-electron chi connectivity index (χ1n) is 6.61. The Labute approximate surface area is 108 Å². The molecule has 1 aromatic heterocycles. The van der Waals surface area contributed by atoms with Gasteiger partial charge in [0.2, 0.25) is 5.91 Å². The summed E-state index contributed by atoms with van der Waals surface area (Å²) in [5, 5.41) is 7.39. The number of rotatable bonds is 6. The van der Waals surface area contributed by atoms with Crippen molar-refractivity contribution in [1.82, 2.24) is 20.0 Å². The zero-order valence-electron chi connectivity index (χ0n) is 11.4. The fourth-order valence-corrected chi connectivity index (χ4v) is 2.15. The molecular weight excluding hydrogens is 228 g/mol. The van der Waals surface area contributed by atoms with E-state index in [9.17, 15) is 4.79 Å². The van der Waals surface area contributed by atoms with Crippen molar-refractivity contribution in [2.45, 2.75) is 39.3 Å². The Morgan fingerprint density at radius 1 is 1.61 bits per heavy atom. The maximum absolute atomic E-state index is 12.0. The van der Waals surface area contributed by atoms with E-state index in [-0.39, 0.29) is 5.91 Å². The van der Waals surface area contributed by atoms with Gasteiger partial charge in [-0.05, 0) is 26.7 Å². The molecule has 100 valence electrons. The minimum absolute atomic E-state index is 0.210. The van der Waals surface area contributed by atoms with Crippen LogP contribution in [0.3, 0.4) is 0 Å². The highest BCUT2D eigenvalue weighted by atomic mass is 16.2. The lowest BCUT2D eigenvalue weighted by molar-refractivity contribution is -0.130. The number of nitrogens with one attached hydrogen (secondary N) is 1. The quantitative estimate of drug-likeness (QED) is 0.813. The second-order valence-electron chi connectivity index (χ2n) is 4.89. The predicted molar refractivity (Wildman–Crippen MR) is 70.1 cm³/mol. The third kappa shape index (κ3) is 2.90. The van der Waals surface area contributed by atoms with E-state index in [2.05, 4.69) is 10.4 Å². The van der Waals surface area contributed by atoms with E-state index in [1.807, 2.05) is 36.7 Å². The van der Waals surface area contributed by atoms with Gasteiger partial charge in [0.1, 0.15) is 0 Å². The van der Waals surface area contributed by atoms with Crippen molar-refractivity contribution in [3.63, 3.8) is 0 Å². The number of carbonyl (C=O) groups is 1. The first kappa shape index (κ1) is 13.1. The molecule has 1 N–H and O–H groups in total. The van der Waals surface area contributed by atoms with Gasteiger partial charge in [-0.2, -0.15) is 5.10 Å². The van der Waals surface area contributed by atoms with Gasteiger partial charge >= 0.3 is 0 Å². The van der Waals surface area contributed by atoms with Gasteiger partial charge < -0.3 is 10.2 Å². The molecule has 5 heteroatoms. The summed E-state index contributed by atoms with van der Waals surface area (Å²) in [5.74, 6) is 0.210. The largest absolute Gasteiger partial charge is 0.339 e. The first-order chi connectivity index (χ1) is 8.63. The number of aryl methyl sites for hydroxylation is 1. The second-order valence-corrected chi connectivity index (χ2v) is 4.89. The molecule has 0 saturated heterocycles. The Morgan fingerprint density at radius 2 is 2.33 bits per heavy atom. The molecule has 1 aliphatic rings. The number of carbonyl (C=O) groups excluding carboxylic acids is 1. The van der Waals surface area contributed by atoms with Crippen molar-refractivity contribution in [1.29, 1.82) is 0 Å². The fourth-order valence-electron chi connectivity index (χ4n) is 2.15. The topological polar surface area (TPSA) is 50.2 Å². The molecule has 0 radical (unpaired) electrons. The smallest absolute Gasteiger partial charge is 0.236 e. The van der Waals surface area contributed by atoms with Crippen molar-refractivity contribution in [2.24, 2.45) is 7.05 Å². The van der Waals surface area contributed by atoms with E-state index >= 15 is 0 Å². The van der Waals surface area contributed by atoms with Crippen LogP contribution in [-0.4, -0.2) is 39.7 Å². The van der Waals surface area contributed by atoms with Crippen LogP contribution < -0.4 is 5.32 Å². The Bertz CT molecular complexity index is 423. The van der Waals surface area contributed by atoms with E-state index < -0.39 is 0 Å². The summed E-state index contributed by atoms with van der Waals surface area (Å²) < 4.78 is 1.85. The highest BCUT2D eigenvalue weighted by Gasteiger charge is 2.30. The summed E-state index contributed by atoms with van der Waals surface area (Å²) in [5.41, 5.74) is 2.30. The van der Waals surface area contributed by atoms with E-state index in [0.717, 1.165) is 17.8 Å². The number of likely N-dealkylation sites (N-methyl/N-ethyl adjacent to an activating group) is 1. The van der Waals surface area contributed by atoms with Gasteiger partial charge in [0, 0.05) is 37.4 Å². The summed E-state index contributed by atoms with van der Waals surface area (Å²) in [6.07, 6.45) is 4.19. The maximum Gasteiger partial charge on any atom is 0.236 e. The van der Waals surface area contributed by atoms with E-state index in [4.69, 9.17) is 0 Å². The number of amides is 1. The Morgan fingerprint density at radius 3 is 2.83 bits per heavy atom. The molecule has 0 unspecified atom stereocenters. The number of nitrogens with zero attached hydrogens (tertiary/aromatic N) is 3. The van der Waals surface area contributed by atoms with Crippen LogP contribution in [0.4, 0.5) is 0 Å². The van der Waals surface area contributed by atoms with Gasteiger partial charge in [-0.15, -0.1) is 0 Å². The van der Waals surface area contributed by atoms with E-state index in [1.54, 1.807) is 0 Å². The Balaban J connectivity index is 1.78. The van der Waals surface area contributed by atoms with Crippen LogP contribution in [0.1, 0.15) is 31.0 Å². The van der Waals surface area contributed by atoms with Crippen LogP contribution in [-0.2, 0) is 18.4 Å². The maximum atomic E-state index is 12.0. The lowest BCUT2D eigenvalue weighted by Gasteiger charge is -2.20. The first-order valence-corrected chi connectivity index (χ1v) is 6.61. The van der Waals surface area contributed by atoms with Gasteiger partial charge in [-0.1, -0.05) is 0 Å². The molecule has 0 aromatic carbocycles. The number of hydrogen-bond acceptors (Lipinski definition) is 3. The third-order valence-electron chi connectivity index (χ3n) is 3.58. The van der Waals surface area contributed by atoms with Gasteiger partial charge in [-0.3, -0.25) is 9.48 Å². The van der Waals surface area contributed by atoms with Crippen LogP contribution in [0, 0.1) is 6.92 Å². The van der Waals surface area contributed by atoms with E-state index in [0.29, 0.717) is 19.1 Å². The Hall–Kier alpha value is -1.36. The van der Waals surface area contributed by atoms with Crippen molar-refractivity contribution < 1.29 is 4.79 Å². The molecule has 1 aromatic rings. The third-order valence-corrected chi connectivity index (χ3v) is 3.58. The van der Waals surface area contributed by atoms with Gasteiger partial charge in [0.25, 0.3) is 0 Å². The molecule has 0 spiro atoms. The standard InChI is InChI=1S/C13H22N4O/c1-4-17(12-5-6-12)13(18)9-14-7-11-8-15-16(3)10(11)2/h8,12,14H,4-7,9H2,1-3H3. The van der Waals surface area contributed by atoms with Crippen LogP contribution in [0.5, 0.6) is 0 Å². The zero-order chi connectivity index (χ0) is 13.1. The van der Waals surface area contributed by atoms with Crippen molar-refractivity contribution >= 4 is 5.91 Å². The van der Waals surface area contributed by atoms with Crippen molar-refractivity contribution in [3.05, 3.63) is 17.5 Å². The molecule has 5 nitrogen and oxygen atoms in total. The molecule has 1 saturated carbocycles. The lowest BCUT2D eigenvalue weighted by atomic mass is 10.2. The second kappa shape index (κ2) is 5.52. The number of hydrogen-bond donors (Lipinski definition) is 1. The Kier molecular flexibility index (Phi) is 4.01. The molecule has 0 bridgehead atoms. The molecular formula is C13H22N4O. The highest BCUT2D eigenvalue weighted by Crippen LogP contribution is 2.26. The van der Waals surface area contributed by atoms with Gasteiger partial charge in [0.15, 0.2) is 0 Å². The molecule has 2 rings (SSSR count). The molecule has 1 aliphatic carbocycles. The lowest BCUT2D eigenvalue weighted by Crippen LogP contribution is -2.39. The van der Waals surface area contributed by atoms with Crippen LogP contribution in [0.25, 0.3) is 0 Å². The summed E-state index contributed by atoms with van der Waals surface area (Å²) in [7, 11) is 1.93. The average Bonchev–Trinajstić information content (AvgIpc) is 3.12. The van der Waals surface area contributed by atoms with E-state index in [1.165, 1.54) is 12.8 Å². The predicted octanol–water partition coefficient (Wildman–Crippen LogP) is 0.829. The van der Waals surface area contributed by atoms with Crippen molar-refractivity contribution in [2.75, 3.05) is 13.1 Å². The molecule has 1 heterocycles. The average molecular weight is 250 g/mol. The fraction of sp³-hybridized carbons (Fsp3) is 0.692. The molecule has 18 heavy (non-hydrogen) atoms. The zero-order valence-corrected chi connectivity index (χ0v) is 11.4. The summed E-state index contributed by atoms with van der Waals surface area (Å²) >= 11 is 0. The van der Waals surface area contributed by atoms with Crippen LogP contribution in [0.2, 0.25) is 0 Å².